The molecule has 0 saturated carbocycles. The van der Waals surface area contributed by atoms with Crippen LogP contribution >= 0.6 is 39.3 Å². The number of rotatable bonds is 3. The minimum atomic E-state index is -3.46. The molecule has 0 unspecified atom stereocenters. The van der Waals surface area contributed by atoms with Crippen LogP contribution in [0.25, 0.3) is 0 Å². The highest BCUT2D eigenvalue weighted by molar-refractivity contribution is 9.10. The number of aryl methyl sites for hydroxylation is 1. The summed E-state index contributed by atoms with van der Waals surface area (Å²) < 4.78 is 27.9. The number of sulfonamides is 1. The van der Waals surface area contributed by atoms with Crippen LogP contribution in [0.4, 0.5) is 0 Å². The normalized spacial score (nSPS) is 17.9. The molecule has 0 amide bonds. The Morgan fingerprint density at radius 2 is 2.10 bits per heavy atom. The first-order valence-electron chi connectivity index (χ1n) is 6.39. The van der Waals surface area contributed by atoms with Gasteiger partial charge in [0.25, 0.3) is 0 Å². The van der Waals surface area contributed by atoms with Crippen LogP contribution in [0.3, 0.4) is 0 Å². The number of nitrogens with zero attached hydrogens (tertiary/aromatic N) is 1. The van der Waals surface area contributed by atoms with E-state index in [1.165, 1.54) is 0 Å². The molecule has 20 heavy (non-hydrogen) atoms. The number of hydrogen-bond acceptors (Lipinski definition) is 3. The Morgan fingerprint density at radius 3 is 2.80 bits per heavy atom. The van der Waals surface area contributed by atoms with E-state index in [9.17, 15) is 8.42 Å². The maximum Gasteiger partial charge on any atom is 0.244 e. The summed E-state index contributed by atoms with van der Waals surface area (Å²) in [6.07, 6.45) is 0.899. The van der Waals surface area contributed by atoms with Crippen LogP contribution in [0.5, 0.6) is 0 Å². The van der Waals surface area contributed by atoms with E-state index in [1.54, 1.807) is 22.1 Å². The Kier molecular flexibility index (Phi) is 5.82. The molecule has 0 aliphatic carbocycles. The van der Waals surface area contributed by atoms with E-state index in [-0.39, 0.29) is 0 Å². The van der Waals surface area contributed by atoms with Crippen molar-refractivity contribution in [3.05, 3.63) is 27.7 Å². The average molecular weight is 399 g/mol. The quantitative estimate of drug-likeness (QED) is 0.730. The van der Waals surface area contributed by atoms with Gasteiger partial charge in [0.2, 0.25) is 10.0 Å². The van der Waals surface area contributed by atoms with Crippen molar-refractivity contribution >= 4 is 49.3 Å². The second-order valence-electron chi connectivity index (χ2n) is 4.73. The van der Waals surface area contributed by atoms with Gasteiger partial charge in [0.1, 0.15) is 0 Å². The highest BCUT2D eigenvalue weighted by Gasteiger charge is 2.28. The van der Waals surface area contributed by atoms with E-state index in [1.807, 2.05) is 13.0 Å². The molecule has 0 bridgehead atoms. The zero-order valence-corrected chi connectivity index (χ0v) is 15.2. The fraction of sp³-hybridized carbons (Fsp3) is 0.538. The third-order valence-electron chi connectivity index (χ3n) is 3.23. The van der Waals surface area contributed by atoms with Gasteiger partial charge in [0.05, 0.1) is 4.90 Å². The lowest BCUT2D eigenvalue weighted by Gasteiger charge is -2.21. The van der Waals surface area contributed by atoms with Crippen molar-refractivity contribution in [1.82, 2.24) is 4.31 Å². The molecular formula is C13H17BrClNO2S2. The average Bonchev–Trinajstić information content (AvgIpc) is 2.70. The molecule has 1 aliphatic heterocycles. The molecule has 0 atom stereocenters. The number of halogens is 2. The van der Waals surface area contributed by atoms with Gasteiger partial charge in [-0.3, -0.25) is 0 Å². The van der Waals surface area contributed by atoms with Gasteiger partial charge in [-0.2, -0.15) is 16.1 Å². The SMILES string of the molecule is Cc1cc(CCl)cc(S(=O)(=O)N2CCCSCC2)c1Br. The van der Waals surface area contributed by atoms with Gasteiger partial charge in [-0.05, 0) is 52.2 Å². The molecule has 1 aromatic rings. The molecule has 1 fully saturated rings. The molecular weight excluding hydrogens is 382 g/mol. The van der Waals surface area contributed by atoms with E-state index in [0.29, 0.717) is 28.3 Å². The van der Waals surface area contributed by atoms with Crippen LogP contribution in [0.1, 0.15) is 17.5 Å². The van der Waals surface area contributed by atoms with Crippen molar-refractivity contribution in [2.24, 2.45) is 0 Å². The topological polar surface area (TPSA) is 37.4 Å². The first-order valence-corrected chi connectivity index (χ1v) is 10.3. The van der Waals surface area contributed by atoms with Crippen LogP contribution in [0.15, 0.2) is 21.5 Å². The first kappa shape index (κ1) is 16.6. The Labute approximate surface area is 138 Å². The van der Waals surface area contributed by atoms with Gasteiger partial charge >= 0.3 is 0 Å². The Balaban J connectivity index is 2.45. The smallest absolute Gasteiger partial charge is 0.207 e. The predicted octanol–water partition coefficient (Wildman–Crippen LogP) is 3.62. The maximum atomic E-state index is 12.8. The van der Waals surface area contributed by atoms with E-state index in [0.717, 1.165) is 29.1 Å². The summed E-state index contributed by atoms with van der Waals surface area (Å²) in [5, 5.41) is 0. The summed E-state index contributed by atoms with van der Waals surface area (Å²) in [6, 6.07) is 3.59. The maximum absolute atomic E-state index is 12.8. The molecule has 3 nitrogen and oxygen atoms in total. The van der Waals surface area contributed by atoms with Crippen molar-refractivity contribution < 1.29 is 8.42 Å². The van der Waals surface area contributed by atoms with Crippen molar-refractivity contribution in [1.29, 1.82) is 0 Å². The van der Waals surface area contributed by atoms with E-state index < -0.39 is 10.0 Å². The molecule has 2 rings (SSSR count). The third-order valence-corrected chi connectivity index (χ3v) is 7.83. The van der Waals surface area contributed by atoms with Crippen molar-refractivity contribution in [3.63, 3.8) is 0 Å². The van der Waals surface area contributed by atoms with E-state index in [2.05, 4.69) is 15.9 Å². The monoisotopic (exact) mass is 397 g/mol. The molecule has 1 saturated heterocycles. The lowest BCUT2D eigenvalue weighted by molar-refractivity contribution is 0.434. The summed E-state index contributed by atoms with van der Waals surface area (Å²) in [5.74, 6) is 2.19. The zero-order chi connectivity index (χ0) is 14.8. The number of benzene rings is 1. The fourth-order valence-electron chi connectivity index (χ4n) is 2.18. The summed E-state index contributed by atoms with van der Waals surface area (Å²) in [5.41, 5.74) is 1.72. The van der Waals surface area contributed by atoms with Gasteiger partial charge in [0.15, 0.2) is 0 Å². The first-order chi connectivity index (χ1) is 9.46. The van der Waals surface area contributed by atoms with Crippen molar-refractivity contribution in [3.8, 4) is 0 Å². The number of alkyl halides is 1. The molecule has 7 heteroatoms. The van der Waals surface area contributed by atoms with Gasteiger partial charge in [-0.1, -0.05) is 6.07 Å². The number of thioether (sulfide) groups is 1. The summed E-state index contributed by atoms with van der Waals surface area (Å²) in [6.45, 7) is 3.05. The fourth-order valence-corrected chi connectivity index (χ4v) is 5.84. The largest absolute Gasteiger partial charge is 0.244 e. The summed E-state index contributed by atoms with van der Waals surface area (Å²) >= 11 is 11.1. The predicted molar refractivity (Wildman–Crippen MR) is 89.1 cm³/mol. The minimum absolute atomic E-state index is 0.312. The summed E-state index contributed by atoms with van der Waals surface area (Å²) in [4.78, 5) is 0.333. The van der Waals surface area contributed by atoms with Crippen LogP contribution in [0.2, 0.25) is 0 Å². The standard InChI is InChI=1S/C13H17BrClNO2S2/c1-10-7-11(9-15)8-12(13(10)14)20(17,18)16-3-2-5-19-6-4-16/h7-8H,2-6,9H2,1H3. The summed E-state index contributed by atoms with van der Waals surface area (Å²) in [7, 11) is -3.46. The van der Waals surface area contributed by atoms with Crippen LogP contribution in [-0.4, -0.2) is 37.3 Å². The zero-order valence-electron chi connectivity index (χ0n) is 11.2. The van der Waals surface area contributed by atoms with Crippen LogP contribution < -0.4 is 0 Å². The lowest BCUT2D eigenvalue weighted by Crippen LogP contribution is -2.33. The van der Waals surface area contributed by atoms with Gasteiger partial charge in [0, 0.05) is 29.2 Å². The van der Waals surface area contributed by atoms with Gasteiger partial charge < -0.3 is 0 Å². The Bertz CT molecular complexity index is 584. The minimum Gasteiger partial charge on any atom is -0.207 e. The highest BCUT2D eigenvalue weighted by Crippen LogP contribution is 2.31. The molecule has 0 spiro atoms. The second-order valence-corrected chi connectivity index (χ2v) is 8.92. The van der Waals surface area contributed by atoms with Crippen LogP contribution in [-0.2, 0) is 15.9 Å². The van der Waals surface area contributed by atoms with E-state index >= 15 is 0 Å². The highest BCUT2D eigenvalue weighted by atomic mass is 79.9. The molecule has 1 aromatic carbocycles. The molecule has 1 heterocycles. The lowest BCUT2D eigenvalue weighted by atomic mass is 10.2. The number of hydrogen-bond donors (Lipinski definition) is 0. The molecule has 0 radical (unpaired) electrons. The molecule has 0 aromatic heterocycles. The second kappa shape index (κ2) is 7.01. The van der Waals surface area contributed by atoms with Crippen LogP contribution in [0, 0.1) is 6.92 Å². The molecule has 112 valence electrons. The van der Waals surface area contributed by atoms with Crippen molar-refractivity contribution in [2.75, 3.05) is 24.6 Å². The molecule has 1 aliphatic rings. The van der Waals surface area contributed by atoms with Crippen molar-refractivity contribution in [2.45, 2.75) is 24.1 Å². The third kappa shape index (κ3) is 3.53. The Morgan fingerprint density at radius 1 is 1.35 bits per heavy atom. The van der Waals surface area contributed by atoms with Gasteiger partial charge in [-0.15, -0.1) is 11.6 Å². The van der Waals surface area contributed by atoms with Gasteiger partial charge in [-0.25, -0.2) is 8.42 Å². The van der Waals surface area contributed by atoms with E-state index in [4.69, 9.17) is 11.6 Å². The Hall–Kier alpha value is 0.250. The molecule has 0 N–H and O–H groups in total.